The fourth-order valence-electron chi connectivity index (χ4n) is 2.01. The number of nitrogens with zero attached hydrogens (tertiary/aromatic N) is 1. The van der Waals surface area contributed by atoms with Crippen LogP contribution in [-0.4, -0.2) is 34.5 Å². The summed E-state index contributed by atoms with van der Waals surface area (Å²) in [5.41, 5.74) is 0.959. The van der Waals surface area contributed by atoms with Gasteiger partial charge >= 0.3 is 5.97 Å². The summed E-state index contributed by atoms with van der Waals surface area (Å²) in [6, 6.07) is 1.82. The molecule has 0 fully saturated rings. The van der Waals surface area contributed by atoms with Crippen molar-refractivity contribution < 1.29 is 14.7 Å². The SMILES string of the molecule is CC(C)N(CCC(=O)O)C(=O)CCCc1cc(Cl)sc1Cl. The Morgan fingerprint density at radius 1 is 1.33 bits per heavy atom. The molecule has 0 aliphatic rings. The maximum atomic E-state index is 12.2. The predicted molar refractivity (Wildman–Crippen MR) is 86.4 cm³/mol. The first-order valence-electron chi connectivity index (χ1n) is 6.76. The van der Waals surface area contributed by atoms with Crippen molar-refractivity contribution in [2.45, 2.75) is 45.6 Å². The van der Waals surface area contributed by atoms with Gasteiger partial charge in [-0.3, -0.25) is 9.59 Å². The number of aryl methyl sites for hydroxylation is 1. The first kappa shape index (κ1) is 18.3. The number of carbonyl (C=O) groups excluding carboxylic acids is 1. The number of carboxylic acid groups (broad SMARTS) is 1. The van der Waals surface area contributed by atoms with E-state index in [4.69, 9.17) is 28.3 Å². The van der Waals surface area contributed by atoms with Crippen LogP contribution in [0.5, 0.6) is 0 Å². The van der Waals surface area contributed by atoms with Gasteiger partial charge < -0.3 is 10.0 Å². The van der Waals surface area contributed by atoms with Crippen LogP contribution in [0.3, 0.4) is 0 Å². The molecule has 0 saturated carbocycles. The van der Waals surface area contributed by atoms with Crippen molar-refractivity contribution in [2.75, 3.05) is 6.54 Å². The molecule has 0 atom stereocenters. The summed E-state index contributed by atoms with van der Waals surface area (Å²) in [5.74, 6) is -0.920. The molecule has 0 aliphatic carbocycles. The molecule has 1 N–H and O–H groups in total. The summed E-state index contributed by atoms with van der Waals surface area (Å²) in [6.45, 7) is 4.02. The first-order chi connectivity index (χ1) is 9.81. The third-order valence-corrected chi connectivity index (χ3v) is 4.64. The smallest absolute Gasteiger partial charge is 0.305 e. The Balaban J connectivity index is 2.46. The molecule has 1 aromatic rings. The van der Waals surface area contributed by atoms with E-state index < -0.39 is 5.97 Å². The zero-order valence-corrected chi connectivity index (χ0v) is 14.4. The highest BCUT2D eigenvalue weighted by Gasteiger charge is 2.17. The van der Waals surface area contributed by atoms with E-state index in [0.717, 1.165) is 5.56 Å². The molecule has 7 heteroatoms. The lowest BCUT2D eigenvalue weighted by Gasteiger charge is -2.26. The van der Waals surface area contributed by atoms with E-state index in [9.17, 15) is 9.59 Å². The largest absolute Gasteiger partial charge is 0.481 e. The Labute approximate surface area is 138 Å². The van der Waals surface area contributed by atoms with Crippen LogP contribution in [0.25, 0.3) is 0 Å². The van der Waals surface area contributed by atoms with Gasteiger partial charge in [0.1, 0.15) is 0 Å². The molecular formula is C14H19Cl2NO3S. The van der Waals surface area contributed by atoms with Gasteiger partial charge in [-0.15, -0.1) is 11.3 Å². The number of carboxylic acids is 1. The summed E-state index contributed by atoms with van der Waals surface area (Å²) in [7, 11) is 0. The number of thiophene rings is 1. The molecule has 1 heterocycles. The minimum absolute atomic E-state index is 0.00368. The molecule has 0 aliphatic heterocycles. The van der Waals surface area contributed by atoms with Crippen molar-refractivity contribution in [2.24, 2.45) is 0 Å². The number of hydrogen-bond acceptors (Lipinski definition) is 3. The van der Waals surface area contributed by atoms with Gasteiger partial charge in [-0.05, 0) is 38.3 Å². The number of carbonyl (C=O) groups is 2. The highest BCUT2D eigenvalue weighted by Crippen LogP contribution is 2.32. The zero-order valence-electron chi connectivity index (χ0n) is 12.1. The average Bonchev–Trinajstić information content (AvgIpc) is 2.67. The normalized spacial score (nSPS) is 10.9. The van der Waals surface area contributed by atoms with Gasteiger partial charge in [0.15, 0.2) is 0 Å². The number of hydrogen-bond donors (Lipinski definition) is 1. The van der Waals surface area contributed by atoms with Crippen LogP contribution >= 0.6 is 34.5 Å². The van der Waals surface area contributed by atoms with Crippen LogP contribution in [0.15, 0.2) is 6.07 Å². The highest BCUT2D eigenvalue weighted by molar-refractivity contribution is 7.20. The molecule has 0 unspecified atom stereocenters. The van der Waals surface area contributed by atoms with Crippen LogP contribution in [-0.2, 0) is 16.0 Å². The number of amides is 1. The number of halogens is 2. The van der Waals surface area contributed by atoms with Crippen LogP contribution < -0.4 is 0 Å². The lowest BCUT2D eigenvalue weighted by molar-refractivity contribution is -0.139. The molecule has 4 nitrogen and oxygen atoms in total. The standard InChI is InChI=1S/C14H19Cl2NO3S/c1-9(2)17(7-6-13(19)20)12(18)5-3-4-10-8-11(15)21-14(10)16/h8-9H,3-7H2,1-2H3,(H,19,20). The van der Waals surface area contributed by atoms with E-state index in [-0.39, 0.29) is 24.9 Å². The second kappa shape index (κ2) is 8.61. The molecular weight excluding hydrogens is 333 g/mol. The van der Waals surface area contributed by atoms with Crippen molar-refractivity contribution in [1.29, 1.82) is 0 Å². The minimum atomic E-state index is -0.895. The lowest BCUT2D eigenvalue weighted by Crippen LogP contribution is -2.38. The topological polar surface area (TPSA) is 57.6 Å². The maximum Gasteiger partial charge on any atom is 0.305 e. The molecule has 0 spiro atoms. The molecule has 1 amide bonds. The van der Waals surface area contributed by atoms with Gasteiger partial charge in [0.05, 0.1) is 15.1 Å². The second-order valence-corrected chi connectivity index (χ2v) is 7.31. The molecule has 0 radical (unpaired) electrons. The average molecular weight is 352 g/mol. The molecule has 118 valence electrons. The second-order valence-electron chi connectivity index (χ2n) is 5.03. The van der Waals surface area contributed by atoms with Crippen molar-refractivity contribution in [3.05, 3.63) is 20.3 Å². The van der Waals surface area contributed by atoms with Crippen molar-refractivity contribution in [3.8, 4) is 0 Å². The van der Waals surface area contributed by atoms with E-state index in [1.54, 1.807) is 4.90 Å². The zero-order chi connectivity index (χ0) is 16.0. The Kier molecular flexibility index (Phi) is 7.49. The van der Waals surface area contributed by atoms with Gasteiger partial charge in [0, 0.05) is 19.0 Å². The number of aliphatic carboxylic acids is 1. The monoisotopic (exact) mass is 351 g/mol. The van der Waals surface area contributed by atoms with Gasteiger partial charge in [-0.25, -0.2) is 0 Å². The van der Waals surface area contributed by atoms with Crippen LogP contribution in [0.2, 0.25) is 8.67 Å². The quantitative estimate of drug-likeness (QED) is 0.767. The summed E-state index contributed by atoms with van der Waals surface area (Å²) >= 11 is 13.2. The van der Waals surface area contributed by atoms with Crippen molar-refractivity contribution in [3.63, 3.8) is 0 Å². The third kappa shape index (κ3) is 6.24. The third-order valence-electron chi connectivity index (χ3n) is 3.07. The van der Waals surface area contributed by atoms with Crippen molar-refractivity contribution in [1.82, 2.24) is 4.90 Å². The fraction of sp³-hybridized carbons (Fsp3) is 0.571. The summed E-state index contributed by atoms with van der Waals surface area (Å²) < 4.78 is 1.31. The van der Waals surface area contributed by atoms with E-state index in [1.807, 2.05) is 19.9 Å². The van der Waals surface area contributed by atoms with Crippen LogP contribution in [0.1, 0.15) is 38.7 Å². The molecule has 1 rings (SSSR count). The Bertz CT molecular complexity index is 502. The highest BCUT2D eigenvalue weighted by atomic mass is 35.5. The molecule has 0 aromatic carbocycles. The van der Waals surface area contributed by atoms with E-state index >= 15 is 0 Å². The van der Waals surface area contributed by atoms with Crippen LogP contribution in [0, 0.1) is 0 Å². The van der Waals surface area contributed by atoms with Gasteiger partial charge in [0.2, 0.25) is 5.91 Å². The Morgan fingerprint density at radius 3 is 2.48 bits per heavy atom. The van der Waals surface area contributed by atoms with Gasteiger partial charge in [-0.1, -0.05) is 23.2 Å². The van der Waals surface area contributed by atoms with E-state index in [0.29, 0.717) is 27.9 Å². The summed E-state index contributed by atoms with van der Waals surface area (Å²) in [5, 5.41) is 8.72. The summed E-state index contributed by atoms with van der Waals surface area (Å²) in [6.07, 6.45) is 1.71. The first-order valence-corrected chi connectivity index (χ1v) is 8.33. The molecule has 21 heavy (non-hydrogen) atoms. The Hall–Kier alpha value is -0.780. The fourth-order valence-corrected chi connectivity index (χ4v) is 3.55. The van der Waals surface area contributed by atoms with Crippen molar-refractivity contribution >= 4 is 46.4 Å². The Morgan fingerprint density at radius 2 is 2.00 bits per heavy atom. The molecule has 0 saturated heterocycles. The minimum Gasteiger partial charge on any atom is -0.481 e. The molecule has 1 aromatic heterocycles. The summed E-state index contributed by atoms with van der Waals surface area (Å²) in [4.78, 5) is 24.4. The van der Waals surface area contributed by atoms with Gasteiger partial charge in [-0.2, -0.15) is 0 Å². The van der Waals surface area contributed by atoms with E-state index in [2.05, 4.69) is 0 Å². The van der Waals surface area contributed by atoms with E-state index in [1.165, 1.54) is 11.3 Å². The maximum absolute atomic E-state index is 12.2. The number of rotatable bonds is 8. The van der Waals surface area contributed by atoms with Crippen LogP contribution in [0.4, 0.5) is 0 Å². The van der Waals surface area contributed by atoms with Gasteiger partial charge in [0.25, 0.3) is 0 Å². The lowest BCUT2D eigenvalue weighted by atomic mass is 10.1. The molecule has 0 bridgehead atoms. The predicted octanol–water partition coefficient (Wildman–Crippen LogP) is 4.09.